The molecule has 0 radical (unpaired) electrons. The molecule has 3 heteroatoms. The molecular formula is C15H23NO2. The highest BCUT2D eigenvalue weighted by Crippen LogP contribution is 2.34. The summed E-state index contributed by atoms with van der Waals surface area (Å²) in [7, 11) is 0. The topological polar surface area (TPSA) is 30.5 Å². The molecule has 2 atom stereocenters. The SMILES string of the molecule is CCC(C)CC(CC)Nc1ccc2c(c1)OCO2. The van der Waals surface area contributed by atoms with Crippen molar-refractivity contribution in [2.45, 2.75) is 46.1 Å². The normalized spacial score (nSPS) is 16.4. The van der Waals surface area contributed by atoms with Crippen molar-refractivity contribution in [2.75, 3.05) is 12.1 Å². The lowest BCUT2D eigenvalue weighted by molar-refractivity contribution is 0.174. The Morgan fingerprint density at radius 3 is 2.67 bits per heavy atom. The van der Waals surface area contributed by atoms with Gasteiger partial charge in [-0.15, -0.1) is 0 Å². The van der Waals surface area contributed by atoms with Crippen LogP contribution in [0.15, 0.2) is 18.2 Å². The van der Waals surface area contributed by atoms with Gasteiger partial charge in [-0.3, -0.25) is 0 Å². The van der Waals surface area contributed by atoms with Crippen molar-refractivity contribution in [2.24, 2.45) is 5.92 Å². The van der Waals surface area contributed by atoms with Gasteiger partial charge in [-0.2, -0.15) is 0 Å². The van der Waals surface area contributed by atoms with E-state index in [2.05, 4.69) is 32.2 Å². The van der Waals surface area contributed by atoms with Crippen LogP contribution in [0.2, 0.25) is 0 Å². The van der Waals surface area contributed by atoms with E-state index in [0.717, 1.165) is 29.5 Å². The smallest absolute Gasteiger partial charge is 0.231 e. The third kappa shape index (κ3) is 3.09. The van der Waals surface area contributed by atoms with Gasteiger partial charge in [-0.1, -0.05) is 27.2 Å². The van der Waals surface area contributed by atoms with Crippen LogP contribution in [0.5, 0.6) is 11.5 Å². The fraction of sp³-hybridized carbons (Fsp3) is 0.600. The van der Waals surface area contributed by atoms with Gasteiger partial charge in [-0.05, 0) is 30.9 Å². The summed E-state index contributed by atoms with van der Waals surface area (Å²) >= 11 is 0. The van der Waals surface area contributed by atoms with Crippen molar-refractivity contribution in [1.82, 2.24) is 0 Å². The minimum atomic E-state index is 0.336. The Balaban J connectivity index is 1.98. The number of nitrogens with one attached hydrogen (secondary N) is 1. The van der Waals surface area contributed by atoms with E-state index in [1.54, 1.807) is 0 Å². The quantitative estimate of drug-likeness (QED) is 0.825. The van der Waals surface area contributed by atoms with Crippen molar-refractivity contribution in [3.05, 3.63) is 18.2 Å². The monoisotopic (exact) mass is 249 g/mol. The first kappa shape index (κ1) is 13.1. The second kappa shape index (κ2) is 5.98. The molecule has 0 bridgehead atoms. The highest BCUT2D eigenvalue weighted by Gasteiger charge is 2.15. The molecule has 0 spiro atoms. The average Bonchev–Trinajstić information content (AvgIpc) is 2.85. The molecule has 18 heavy (non-hydrogen) atoms. The average molecular weight is 249 g/mol. The van der Waals surface area contributed by atoms with Gasteiger partial charge in [0, 0.05) is 17.8 Å². The maximum atomic E-state index is 5.39. The first-order valence-electron chi connectivity index (χ1n) is 6.89. The lowest BCUT2D eigenvalue weighted by atomic mass is 9.97. The zero-order valence-electron chi connectivity index (χ0n) is 11.5. The van der Waals surface area contributed by atoms with Crippen LogP contribution in [0.1, 0.15) is 40.0 Å². The molecular weight excluding hydrogens is 226 g/mol. The zero-order valence-corrected chi connectivity index (χ0v) is 11.5. The van der Waals surface area contributed by atoms with Gasteiger partial charge < -0.3 is 14.8 Å². The number of hydrogen-bond acceptors (Lipinski definition) is 3. The van der Waals surface area contributed by atoms with E-state index in [0.29, 0.717) is 12.8 Å². The first-order valence-corrected chi connectivity index (χ1v) is 6.89. The highest BCUT2D eigenvalue weighted by molar-refractivity contribution is 5.56. The van der Waals surface area contributed by atoms with E-state index >= 15 is 0 Å². The van der Waals surface area contributed by atoms with E-state index in [9.17, 15) is 0 Å². The Labute approximate surface area is 109 Å². The van der Waals surface area contributed by atoms with E-state index in [-0.39, 0.29) is 0 Å². The number of rotatable bonds is 6. The minimum Gasteiger partial charge on any atom is -0.454 e. The number of benzene rings is 1. The van der Waals surface area contributed by atoms with Crippen LogP contribution in [0.25, 0.3) is 0 Å². The molecule has 1 N–H and O–H groups in total. The summed E-state index contributed by atoms with van der Waals surface area (Å²) in [5.41, 5.74) is 1.12. The maximum Gasteiger partial charge on any atom is 0.231 e. The fourth-order valence-electron chi connectivity index (χ4n) is 2.20. The number of hydrogen-bond donors (Lipinski definition) is 1. The molecule has 1 aromatic carbocycles. The van der Waals surface area contributed by atoms with Crippen LogP contribution >= 0.6 is 0 Å². The summed E-state index contributed by atoms with van der Waals surface area (Å²) < 4.78 is 10.7. The summed E-state index contributed by atoms with van der Waals surface area (Å²) in [6.07, 6.45) is 3.58. The van der Waals surface area contributed by atoms with E-state index < -0.39 is 0 Å². The fourth-order valence-corrected chi connectivity index (χ4v) is 2.20. The maximum absolute atomic E-state index is 5.39. The summed E-state index contributed by atoms with van der Waals surface area (Å²) in [4.78, 5) is 0. The van der Waals surface area contributed by atoms with Gasteiger partial charge in [0.2, 0.25) is 6.79 Å². The molecule has 0 aliphatic carbocycles. The molecule has 100 valence electrons. The standard InChI is InChI=1S/C15H23NO2/c1-4-11(3)8-12(5-2)16-13-6-7-14-15(9-13)18-10-17-14/h6-7,9,11-12,16H,4-5,8,10H2,1-3H3. The van der Waals surface area contributed by atoms with Crippen LogP contribution in [0.4, 0.5) is 5.69 Å². The van der Waals surface area contributed by atoms with Gasteiger partial charge in [0.15, 0.2) is 11.5 Å². The highest BCUT2D eigenvalue weighted by atomic mass is 16.7. The van der Waals surface area contributed by atoms with E-state index in [4.69, 9.17) is 9.47 Å². The molecule has 1 aliphatic rings. The Morgan fingerprint density at radius 1 is 1.17 bits per heavy atom. The van der Waals surface area contributed by atoms with Crippen LogP contribution < -0.4 is 14.8 Å². The molecule has 0 saturated carbocycles. The lowest BCUT2D eigenvalue weighted by Crippen LogP contribution is -2.21. The van der Waals surface area contributed by atoms with Gasteiger partial charge in [0.1, 0.15) is 0 Å². The molecule has 1 heterocycles. The molecule has 0 fully saturated rings. The summed E-state index contributed by atoms with van der Waals surface area (Å²) in [5.74, 6) is 2.45. The largest absolute Gasteiger partial charge is 0.454 e. The van der Waals surface area contributed by atoms with E-state index in [1.807, 2.05) is 12.1 Å². The summed E-state index contributed by atoms with van der Waals surface area (Å²) in [5, 5.41) is 3.59. The lowest BCUT2D eigenvalue weighted by Gasteiger charge is -2.21. The summed E-state index contributed by atoms with van der Waals surface area (Å²) in [6, 6.07) is 6.59. The molecule has 3 nitrogen and oxygen atoms in total. The Morgan fingerprint density at radius 2 is 1.94 bits per heavy atom. The second-order valence-electron chi connectivity index (χ2n) is 5.07. The number of fused-ring (bicyclic) bond motifs is 1. The molecule has 0 amide bonds. The van der Waals surface area contributed by atoms with Crippen LogP contribution in [0.3, 0.4) is 0 Å². The molecule has 1 aliphatic heterocycles. The summed E-state index contributed by atoms with van der Waals surface area (Å²) in [6.45, 7) is 7.12. The first-order chi connectivity index (χ1) is 8.72. The van der Waals surface area contributed by atoms with Crippen LogP contribution in [0, 0.1) is 5.92 Å². The van der Waals surface area contributed by atoms with Gasteiger partial charge >= 0.3 is 0 Å². The third-order valence-electron chi connectivity index (χ3n) is 3.62. The molecule has 1 aromatic rings. The van der Waals surface area contributed by atoms with Gasteiger partial charge in [0.25, 0.3) is 0 Å². The Hall–Kier alpha value is -1.38. The molecule has 0 aromatic heterocycles. The predicted molar refractivity (Wildman–Crippen MR) is 74.3 cm³/mol. The van der Waals surface area contributed by atoms with Crippen LogP contribution in [-0.4, -0.2) is 12.8 Å². The van der Waals surface area contributed by atoms with Crippen molar-refractivity contribution < 1.29 is 9.47 Å². The second-order valence-corrected chi connectivity index (χ2v) is 5.07. The number of ether oxygens (including phenoxy) is 2. The van der Waals surface area contributed by atoms with Crippen molar-refractivity contribution in [1.29, 1.82) is 0 Å². The van der Waals surface area contributed by atoms with Crippen molar-refractivity contribution >= 4 is 5.69 Å². The van der Waals surface area contributed by atoms with Crippen molar-refractivity contribution in [3.8, 4) is 11.5 Å². The minimum absolute atomic E-state index is 0.336. The predicted octanol–water partition coefficient (Wildman–Crippen LogP) is 4.04. The third-order valence-corrected chi connectivity index (χ3v) is 3.62. The van der Waals surface area contributed by atoms with Gasteiger partial charge in [0.05, 0.1) is 0 Å². The number of anilines is 1. The molecule has 2 rings (SSSR count). The zero-order chi connectivity index (χ0) is 13.0. The molecule has 2 unspecified atom stereocenters. The van der Waals surface area contributed by atoms with E-state index in [1.165, 1.54) is 12.8 Å². The van der Waals surface area contributed by atoms with Crippen LogP contribution in [-0.2, 0) is 0 Å². The Bertz CT molecular complexity index is 392. The molecule has 0 saturated heterocycles. The van der Waals surface area contributed by atoms with Crippen molar-refractivity contribution in [3.63, 3.8) is 0 Å². The Kier molecular flexibility index (Phi) is 4.34. The van der Waals surface area contributed by atoms with Gasteiger partial charge in [-0.25, -0.2) is 0 Å².